The summed E-state index contributed by atoms with van der Waals surface area (Å²) in [6, 6.07) is 4.22. The Bertz CT molecular complexity index is 608. The highest BCUT2D eigenvalue weighted by Gasteiger charge is 2.30. The van der Waals surface area contributed by atoms with E-state index in [0.29, 0.717) is 0 Å². The van der Waals surface area contributed by atoms with Crippen LogP contribution >= 0.6 is 0 Å². The molecule has 0 aromatic heterocycles. The average Bonchev–Trinajstić information content (AvgIpc) is 2.25. The van der Waals surface area contributed by atoms with Crippen molar-refractivity contribution in [3.8, 4) is 0 Å². The number of amides is 1. The van der Waals surface area contributed by atoms with E-state index in [1.165, 1.54) is 25.3 Å². The van der Waals surface area contributed by atoms with Crippen LogP contribution in [0.25, 0.3) is 0 Å². The maximum Gasteiger partial charge on any atom is 0.338 e. The number of rotatable bonds is 1. The predicted octanol–water partition coefficient (Wildman–Crippen LogP) is -0.127. The number of fused-ring (bicyclic) bond motifs is 1. The summed E-state index contributed by atoms with van der Waals surface area (Å²) in [4.78, 5) is 23.0. The fourth-order valence-corrected chi connectivity index (χ4v) is 2.36. The summed E-state index contributed by atoms with van der Waals surface area (Å²) in [6.07, 6.45) is 0. The van der Waals surface area contributed by atoms with Gasteiger partial charge in [0, 0.05) is 0 Å². The molecular weight excluding hydrogens is 248 g/mol. The van der Waals surface area contributed by atoms with Crippen molar-refractivity contribution >= 4 is 27.8 Å². The van der Waals surface area contributed by atoms with E-state index in [0.717, 1.165) is 0 Å². The van der Waals surface area contributed by atoms with E-state index in [4.69, 9.17) is 0 Å². The van der Waals surface area contributed by atoms with Gasteiger partial charge in [-0.15, -0.1) is 0 Å². The smallest absolute Gasteiger partial charge is 0.338 e. The number of carbonyl (C=O) groups excluding carboxylic acids is 2. The van der Waals surface area contributed by atoms with Gasteiger partial charge in [-0.2, -0.15) is 8.42 Å². The summed E-state index contributed by atoms with van der Waals surface area (Å²) in [6.45, 7) is 0. The normalized spacial score (nSPS) is 16.4. The zero-order valence-electron chi connectivity index (χ0n) is 8.68. The highest BCUT2D eigenvalue weighted by atomic mass is 32.2. The first kappa shape index (κ1) is 11.4. The minimum Gasteiger partial charge on any atom is -0.465 e. The zero-order chi connectivity index (χ0) is 12.6. The third-order valence-electron chi connectivity index (χ3n) is 2.17. The molecular formula is C9H8N2O5S. The molecule has 0 bridgehead atoms. The number of esters is 1. The molecule has 0 radical (unpaired) electrons. The Hall–Kier alpha value is -2.09. The standard InChI is InChI=1S/C9H8N2O5S/c1-16-9(13)5-3-2-4-6-7(5)8(12)11-17(14,15)10-6/h2-4,10H,1H3,(H,11,12). The molecule has 0 saturated heterocycles. The van der Waals surface area contributed by atoms with E-state index in [-0.39, 0.29) is 16.8 Å². The number of methoxy groups -OCH3 is 1. The number of anilines is 1. The second kappa shape index (κ2) is 3.74. The molecule has 17 heavy (non-hydrogen) atoms. The minimum absolute atomic E-state index is 0.00454. The van der Waals surface area contributed by atoms with E-state index in [2.05, 4.69) is 9.46 Å². The zero-order valence-corrected chi connectivity index (χ0v) is 9.50. The van der Waals surface area contributed by atoms with Crippen LogP contribution in [0, 0.1) is 0 Å². The molecule has 0 aliphatic carbocycles. The van der Waals surface area contributed by atoms with Gasteiger partial charge in [-0.25, -0.2) is 9.52 Å². The Morgan fingerprint density at radius 2 is 2.00 bits per heavy atom. The number of carbonyl (C=O) groups is 2. The van der Waals surface area contributed by atoms with Crippen LogP contribution in [-0.2, 0) is 14.9 Å². The molecule has 0 atom stereocenters. The van der Waals surface area contributed by atoms with Gasteiger partial charge in [0.05, 0.1) is 23.9 Å². The van der Waals surface area contributed by atoms with Gasteiger partial charge in [-0.1, -0.05) is 6.07 Å². The van der Waals surface area contributed by atoms with E-state index in [1.807, 2.05) is 0 Å². The maximum absolute atomic E-state index is 11.6. The quantitative estimate of drug-likeness (QED) is 0.682. The monoisotopic (exact) mass is 256 g/mol. The third kappa shape index (κ3) is 1.94. The SMILES string of the molecule is COC(=O)c1cccc2c1C(=O)NS(=O)(=O)N2. The summed E-state index contributed by atoms with van der Waals surface area (Å²) in [5.74, 6) is -1.57. The summed E-state index contributed by atoms with van der Waals surface area (Å²) in [7, 11) is -2.72. The van der Waals surface area contributed by atoms with Crippen LogP contribution in [0.1, 0.15) is 20.7 Å². The Balaban J connectivity index is 2.64. The van der Waals surface area contributed by atoms with Crippen molar-refractivity contribution in [2.24, 2.45) is 0 Å². The molecule has 1 aliphatic rings. The molecule has 1 aromatic rings. The molecule has 7 nitrogen and oxygen atoms in total. The molecule has 1 heterocycles. The van der Waals surface area contributed by atoms with Gasteiger partial charge in [-0.3, -0.25) is 9.52 Å². The molecule has 0 spiro atoms. The number of hydrogen-bond acceptors (Lipinski definition) is 5. The molecule has 2 rings (SSSR count). The van der Waals surface area contributed by atoms with Crippen LogP contribution in [0.5, 0.6) is 0 Å². The largest absolute Gasteiger partial charge is 0.465 e. The lowest BCUT2D eigenvalue weighted by molar-refractivity contribution is 0.0596. The topological polar surface area (TPSA) is 102 Å². The fourth-order valence-electron chi connectivity index (χ4n) is 1.51. The summed E-state index contributed by atoms with van der Waals surface area (Å²) < 4.78 is 30.8. The molecule has 0 unspecified atom stereocenters. The van der Waals surface area contributed by atoms with Crippen molar-refractivity contribution in [2.75, 3.05) is 11.8 Å². The van der Waals surface area contributed by atoms with E-state index in [9.17, 15) is 18.0 Å². The Morgan fingerprint density at radius 1 is 1.29 bits per heavy atom. The Labute approximate surface area is 97.0 Å². The van der Waals surface area contributed by atoms with Gasteiger partial charge in [0.1, 0.15) is 0 Å². The molecule has 90 valence electrons. The van der Waals surface area contributed by atoms with E-state index < -0.39 is 22.1 Å². The first-order chi connectivity index (χ1) is 7.94. The highest BCUT2D eigenvalue weighted by molar-refractivity contribution is 7.91. The molecule has 1 aromatic carbocycles. The lowest BCUT2D eigenvalue weighted by atomic mass is 10.1. The first-order valence-electron chi connectivity index (χ1n) is 4.51. The maximum atomic E-state index is 11.6. The fraction of sp³-hybridized carbons (Fsp3) is 0.111. The highest BCUT2D eigenvalue weighted by Crippen LogP contribution is 2.24. The average molecular weight is 256 g/mol. The summed E-state index contributed by atoms with van der Waals surface area (Å²) >= 11 is 0. The second-order valence-electron chi connectivity index (χ2n) is 3.26. The van der Waals surface area contributed by atoms with Gasteiger partial charge in [0.15, 0.2) is 0 Å². The number of ether oxygens (including phenoxy) is 1. The lowest BCUT2D eigenvalue weighted by Gasteiger charge is -2.19. The van der Waals surface area contributed by atoms with E-state index in [1.54, 1.807) is 4.72 Å². The number of hydrogen-bond donors (Lipinski definition) is 2. The van der Waals surface area contributed by atoms with Crippen molar-refractivity contribution < 1.29 is 22.7 Å². The van der Waals surface area contributed by atoms with Crippen molar-refractivity contribution in [3.05, 3.63) is 29.3 Å². The Morgan fingerprint density at radius 3 is 2.65 bits per heavy atom. The van der Waals surface area contributed by atoms with Crippen LogP contribution < -0.4 is 9.44 Å². The van der Waals surface area contributed by atoms with Crippen molar-refractivity contribution in [3.63, 3.8) is 0 Å². The second-order valence-corrected chi connectivity index (χ2v) is 4.67. The van der Waals surface area contributed by atoms with Gasteiger partial charge in [-0.05, 0) is 12.1 Å². The number of benzene rings is 1. The Kier molecular flexibility index (Phi) is 2.50. The molecule has 1 amide bonds. The molecule has 0 fully saturated rings. The summed E-state index contributed by atoms with van der Waals surface area (Å²) in [5.41, 5.74) is 0.00993. The predicted molar refractivity (Wildman–Crippen MR) is 57.8 cm³/mol. The molecule has 1 aliphatic heterocycles. The van der Waals surface area contributed by atoms with Gasteiger partial charge in [0.2, 0.25) is 0 Å². The van der Waals surface area contributed by atoms with Crippen LogP contribution in [0.3, 0.4) is 0 Å². The lowest BCUT2D eigenvalue weighted by Crippen LogP contribution is -2.41. The van der Waals surface area contributed by atoms with Crippen molar-refractivity contribution in [2.45, 2.75) is 0 Å². The summed E-state index contributed by atoms with van der Waals surface area (Å²) in [5, 5.41) is 0. The molecule has 2 N–H and O–H groups in total. The molecule has 8 heteroatoms. The van der Waals surface area contributed by atoms with Crippen LogP contribution in [-0.4, -0.2) is 27.4 Å². The van der Waals surface area contributed by atoms with Gasteiger partial charge in [0.25, 0.3) is 5.91 Å². The van der Waals surface area contributed by atoms with Gasteiger partial charge < -0.3 is 4.74 Å². The van der Waals surface area contributed by atoms with Crippen LogP contribution in [0.2, 0.25) is 0 Å². The third-order valence-corrected chi connectivity index (χ3v) is 3.11. The van der Waals surface area contributed by atoms with Gasteiger partial charge >= 0.3 is 16.2 Å². The minimum atomic E-state index is -3.90. The van der Waals surface area contributed by atoms with Crippen LogP contribution in [0.15, 0.2) is 18.2 Å². The van der Waals surface area contributed by atoms with Crippen LogP contribution in [0.4, 0.5) is 5.69 Å². The first-order valence-corrected chi connectivity index (χ1v) is 5.99. The molecule has 0 saturated carbocycles. The van der Waals surface area contributed by atoms with Crippen molar-refractivity contribution in [1.82, 2.24) is 4.72 Å². The number of nitrogens with one attached hydrogen (secondary N) is 2. The van der Waals surface area contributed by atoms with Crippen molar-refractivity contribution in [1.29, 1.82) is 0 Å². The van der Waals surface area contributed by atoms with E-state index >= 15 is 0 Å².